The van der Waals surface area contributed by atoms with Crippen LogP contribution < -0.4 is 9.62 Å². The van der Waals surface area contributed by atoms with Crippen LogP contribution in [0.1, 0.15) is 38.5 Å². The van der Waals surface area contributed by atoms with E-state index < -0.39 is 20.0 Å². The summed E-state index contributed by atoms with van der Waals surface area (Å²) < 4.78 is 55.2. The van der Waals surface area contributed by atoms with E-state index in [2.05, 4.69) is 4.72 Å². The van der Waals surface area contributed by atoms with Gasteiger partial charge in [-0.15, -0.1) is 0 Å². The normalized spacial score (nSPS) is 27.7. The number of hydrogen-bond acceptors (Lipinski definition) is 4. The van der Waals surface area contributed by atoms with E-state index in [1.807, 2.05) is 0 Å². The van der Waals surface area contributed by atoms with E-state index in [4.69, 9.17) is 0 Å². The lowest BCUT2D eigenvalue weighted by Gasteiger charge is -2.34. The average Bonchev–Trinajstić information content (AvgIpc) is 3.32. The zero-order valence-corrected chi connectivity index (χ0v) is 17.1. The largest absolute Gasteiger partial charge is 0.330 e. The Labute approximate surface area is 161 Å². The highest BCUT2D eigenvalue weighted by molar-refractivity contribution is 7.89. The molecule has 4 rings (SSSR count). The van der Waals surface area contributed by atoms with Gasteiger partial charge in [0.1, 0.15) is 6.04 Å². The zero-order chi connectivity index (χ0) is 19.1. The molecule has 1 saturated carbocycles. The molecule has 9 heteroatoms. The summed E-state index contributed by atoms with van der Waals surface area (Å²) in [6.45, 7) is 3.07. The Morgan fingerprint density at radius 3 is 2.26 bits per heavy atom. The van der Waals surface area contributed by atoms with Crippen LogP contribution in [0.15, 0.2) is 34.1 Å². The van der Waals surface area contributed by atoms with E-state index in [0.717, 1.165) is 51.6 Å². The average molecular weight is 415 g/mol. The van der Waals surface area contributed by atoms with Crippen molar-refractivity contribution in [2.24, 2.45) is 0 Å². The fraction of sp³-hybridized carbons (Fsp3) is 0.667. The van der Waals surface area contributed by atoms with Crippen LogP contribution in [0.2, 0.25) is 0 Å². The molecule has 0 aromatic heterocycles. The number of fused-ring (bicyclic) bond motifs is 1. The van der Waals surface area contributed by atoms with Crippen molar-refractivity contribution in [3.63, 3.8) is 0 Å². The Balaban J connectivity index is 1.49. The Kier molecular flexibility index (Phi) is 5.32. The number of nitrogens with one attached hydrogen (secondary N) is 2. The molecule has 2 aliphatic heterocycles. The molecule has 1 unspecified atom stereocenters. The van der Waals surface area contributed by atoms with E-state index >= 15 is 0 Å². The van der Waals surface area contributed by atoms with Gasteiger partial charge in [0, 0.05) is 18.9 Å². The summed E-state index contributed by atoms with van der Waals surface area (Å²) in [5.74, 6) is 0. The van der Waals surface area contributed by atoms with Crippen LogP contribution in [0.3, 0.4) is 0 Å². The molecule has 0 amide bonds. The zero-order valence-electron chi connectivity index (χ0n) is 15.4. The first-order valence-corrected chi connectivity index (χ1v) is 12.8. The topological polar surface area (TPSA) is 88.0 Å². The number of nitrogens with zero attached hydrogens (tertiary/aromatic N) is 1. The van der Waals surface area contributed by atoms with Crippen molar-refractivity contribution in [1.82, 2.24) is 9.03 Å². The van der Waals surface area contributed by atoms with Crippen LogP contribution in [0.4, 0.5) is 0 Å². The van der Waals surface area contributed by atoms with Gasteiger partial charge in [-0.1, -0.05) is 12.8 Å². The van der Waals surface area contributed by atoms with E-state index in [-0.39, 0.29) is 15.8 Å². The summed E-state index contributed by atoms with van der Waals surface area (Å²) >= 11 is 0. The second-order valence-corrected chi connectivity index (χ2v) is 11.6. The lowest BCUT2D eigenvalue weighted by Crippen LogP contribution is -3.16. The summed E-state index contributed by atoms with van der Waals surface area (Å²) in [5, 5.41) is 0. The van der Waals surface area contributed by atoms with Crippen LogP contribution in [0.25, 0.3) is 0 Å². The van der Waals surface area contributed by atoms with Gasteiger partial charge in [0.2, 0.25) is 20.0 Å². The first kappa shape index (κ1) is 19.3. The highest BCUT2D eigenvalue weighted by Crippen LogP contribution is 2.23. The number of piperazine rings is 1. The molecule has 3 fully saturated rings. The van der Waals surface area contributed by atoms with Gasteiger partial charge in [-0.2, -0.15) is 4.31 Å². The summed E-state index contributed by atoms with van der Waals surface area (Å²) in [7, 11) is -7.18. The van der Waals surface area contributed by atoms with Crippen molar-refractivity contribution in [3.05, 3.63) is 24.3 Å². The molecule has 2 saturated heterocycles. The molecule has 2 heterocycles. The SMILES string of the molecule is O=S(=O)(NC1CCCC1)c1ccc(S(=O)(=O)N2CC[NH+]3CCC[C@@H]3C2)cc1. The molecule has 2 N–H and O–H groups in total. The maximum atomic E-state index is 13.0. The van der Waals surface area contributed by atoms with Crippen molar-refractivity contribution in [2.75, 3.05) is 26.2 Å². The minimum Gasteiger partial charge on any atom is -0.330 e. The van der Waals surface area contributed by atoms with Crippen LogP contribution in [0, 0.1) is 0 Å². The van der Waals surface area contributed by atoms with Gasteiger partial charge in [-0.05, 0) is 37.1 Å². The third-order valence-corrected chi connectivity index (χ3v) is 9.60. The molecule has 0 radical (unpaired) electrons. The van der Waals surface area contributed by atoms with E-state index in [1.54, 1.807) is 4.31 Å². The Bertz CT molecular complexity index is 878. The Hall–Kier alpha value is -1.00. The summed E-state index contributed by atoms with van der Waals surface area (Å²) in [6, 6.07) is 6.04. The lowest BCUT2D eigenvalue weighted by molar-refractivity contribution is -0.916. The predicted molar refractivity (Wildman–Crippen MR) is 101 cm³/mol. The van der Waals surface area contributed by atoms with E-state index in [9.17, 15) is 16.8 Å². The first-order chi connectivity index (χ1) is 12.9. The second-order valence-electron chi connectivity index (χ2n) is 7.93. The van der Waals surface area contributed by atoms with Gasteiger partial charge in [-0.25, -0.2) is 21.6 Å². The van der Waals surface area contributed by atoms with Crippen LogP contribution >= 0.6 is 0 Å². The smallest absolute Gasteiger partial charge is 0.243 e. The van der Waals surface area contributed by atoms with Crippen molar-refractivity contribution in [1.29, 1.82) is 0 Å². The summed E-state index contributed by atoms with van der Waals surface area (Å²) in [4.78, 5) is 1.81. The number of benzene rings is 1. The van der Waals surface area contributed by atoms with Crippen LogP contribution in [-0.4, -0.2) is 59.4 Å². The van der Waals surface area contributed by atoms with E-state index in [1.165, 1.54) is 29.2 Å². The number of hydrogen-bond donors (Lipinski definition) is 2. The quantitative estimate of drug-likeness (QED) is 0.708. The number of quaternary nitrogens is 1. The maximum absolute atomic E-state index is 13.0. The van der Waals surface area contributed by atoms with Crippen molar-refractivity contribution in [2.45, 2.75) is 60.4 Å². The summed E-state index contributed by atoms with van der Waals surface area (Å²) in [5.41, 5.74) is 0. The molecular weight excluding hydrogens is 386 g/mol. The fourth-order valence-electron chi connectivity index (χ4n) is 4.63. The predicted octanol–water partition coefficient (Wildman–Crippen LogP) is -0.0409. The van der Waals surface area contributed by atoms with Crippen molar-refractivity contribution < 1.29 is 21.7 Å². The molecule has 150 valence electrons. The van der Waals surface area contributed by atoms with Gasteiger partial charge in [0.15, 0.2) is 0 Å². The van der Waals surface area contributed by atoms with Crippen LogP contribution in [0.5, 0.6) is 0 Å². The highest BCUT2D eigenvalue weighted by atomic mass is 32.2. The molecule has 0 bridgehead atoms. The Morgan fingerprint density at radius 2 is 1.56 bits per heavy atom. The lowest BCUT2D eigenvalue weighted by atomic mass is 10.2. The first-order valence-electron chi connectivity index (χ1n) is 9.83. The van der Waals surface area contributed by atoms with Gasteiger partial charge >= 0.3 is 0 Å². The van der Waals surface area contributed by atoms with Gasteiger partial charge in [0.05, 0.1) is 36.0 Å². The van der Waals surface area contributed by atoms with Crippen LogP contribution in [-0.2, 0) is 20.0 Å². The second kappa shape index (κ2) is 7.44. The monoisotopic (exact) mass is 414 g/mol. The minimum atomic E-state index is -3.60. The van der Waals surface area contributed by atoms with Crippen molar-refractivity contribution in [3.8, 4) is 0 Å². The van der Waals surface area contributed by atoms with Crippen molar-refractivity contribution >= 4 is 20.0 Å². The molecule has 3 aliphatic rings. The van der Waals surface area contributed by atoms with Gasteiger partial charge in [0.25, 0.3) is 0 Å². The fourth-order valence-corrected chi connectivity index (χ4v) is 7.42. The minimum absolute atomic E-state index is 0.0105. The molecule has 7 nitrogen and oxygen atoms in total. The molecular formula is C18H28N3O4S2+. The molecule has 27 heavy (non-hydrogen) atoms. The third-order valence-electron chi connectivity index (χ3n) is 6.18. The third kappa shape index (κ3) is 3.93. The maximum Gasteiger partial charge on any atom is 0.243 e. The molecule has 0 spiro atoms. The molecule has 2 atom stereocenters. The number of sulfonamides is 2. The van der Waals surface area contributed by atoms with Gasteiger partial charge < -0.3 is 4.90 Å². The summed E-state index contributed by atoms with van der Waals surface area (Å²) in [6.07, 6.45) is 6.04. The number of rotatable bonds is 5. The van der Waals surface area contributed by atoms with E-state index in [0.29, 0.717) is 19.1 Å². The molecule has 1 aromatic carbocycles. The van der Waals surface area contributed by atoms with Gasteiger partial charge in [-0.3, -0.25) is 0 Å². The standard InChI is InChI=1S/C18H27N3O4S2/c22-26(23,19-15-4-1-2-5-15)17-7-9-18(10-8-17)27(24,25)21-13-12-20-11-3-6-16(20)14-21/h7-10,15-16,19H,1-6,11-14H2/p+1/t16-/m1/s1. The molecule has 1 aliphatic carbocycles. The highest BCUT2D eigenvalue weighted by Gasteiger charge is 2.39. The molecule has 1 aromatic rings. The Morgan fingerprint density at radius 1 is 0.889 bits per heavy atom.